The highest BCUT2D eigenvalue weighted by Crippen LogP contribution is 2.42. The summed E-state index contributed by atoms with van der Waals surface area (Å²) in [6, 6.07) is 18.0. The highest BCUT2D eigenvalue weighted by Gasteiger charge is 2.34. The van der Waals surface area contributed by atoms with E-state index in [0.29, 0.717) is 23.6 Å². The van der Waals surface area contributed by atoms with Crippen LogP contribution in [0.15, 0.2) is 65.3 Å². The SMILES string of the molecule is N#Cc1oc2cnc(NC3CC4CCC(C4)C3)cc2c1C(=O)NCc1ccc(-c2ccccn2)cc1. The van der Waals surface area contributed by atoms with Crippen LogP contribution in [0, 0.1) is 23.2 Å². The third-order valence-corrected chi connectivity index (χ3v) is 7.51. The Balaban J connectivity index is 1.18. The van der Waals surface area contributed by atoms with Crippen LogP contribution in [0.25, 0.3) is 22.2 Å². The van der Waals surface area contributed by atoms with E-state index in [2.05, 4.69) is 20.6 Å². The van der Waals surface area contributed by atoms with Crippen LogP contribution in [0.2, 0.25) is 0 Å². The highest BCUT2D eigenvalue weighted by molar-refractivity contribution is 6.08. The van der Waals surface area contributed by atoms with E-state index in [1.807, 2.05) is 54.6 Å². The lowest BCUT2D eigenvalue weighted by atomic mass is 9.85. The minimum atomic E-state index is -0.341. The lowest BCUT2D eigenvalue weighted by molar-refractivity contribution is 0.0951. The smallest absolute Gasteiger partial charge is 0.256 e. The molecule has 6 rings (SSSR count). The summed E-state index contributed by atoms with van der Waals surface area (Å²) < 4.78 is 5.66. The first-order chi connectivity index (χ1) is 17.7. The van der Waals surface area contributed by atoms with Crippen molar-refractivity contribution in [3.05, 3.63) is 77.8 Å². The predicted octanol–water partition coefficient (Wildman–Crippen LogP) is 5.68. The molecule has 2 fully saturated rings. The largest absolute Gasteiger partial charge is 0.443 e. The summed E-state index contributed by atoms with van der Waals surface area (Å²) in [5, 5.41) is 16.7. The molecule has 0 spiro atoms. The number of carbonyl (C=O) groups is 1. The topological polar surface area (TPSA) is 104 Å². The first-order valence-corrected chi connectivity index (χ1v) is 12.5. The van der Waals surface area contributed by atoms with Crippen LogP contribution in [0.4, 0.5) is 5.82 Å². The zero-order valence-corrected chi connectivity index (χ0v) is 19.9. The predicted molar refractivity (Wildman–Crippen MR) is 137 cm³/mol. The average molecular weight is 478 g/mol. The molecule has 2 unspecified atom stereocenters. The third kappa shape index (κ3) is 4.42. The normalized spacial score (nSPS) is 20.7. The Kier molecular flexibility index (Phi) is 5.86. The van der Waals surface area contributed by atoms with Crippen molar-refractivity contribution in [3.8, 4) is 17.3 Å². The zero-order chi connectivity index (χ0) is 24.5. The number of amides is 1. The summed E-state index contributed by atoms with van der Waals surface area (Å²) in [5.74, 6) is 2.00. The van der Waals surface area contributed by atoms with E-state index >= 15 is 0 Å². The molecule has 2 N–H and O–H groups in total. The van der Waals surface area contributed by atoms with Crippen molar-refractivity contribution in [2.75, 3.05) is 5.32 Å². The third-order valence-electron chi connectivity index (χ3n) is 7.51. The molecule has 0 aliphatic heterocycles. The van der Waals surface area contributed by atoms with Crippen molar-refractivity contribution in [2.24, 2.45) is 11.8 Å². The molecule has 36 heavy (non-hydrogen) atoms. The lowest BCUT2D eigenvalue weighted by Gasteiger charge is -2.28. The first-order valence-electron chi connectivity index (χ1n) is 12.5. The molecule has 180 valence electrons. The van der Waals surface area contributed by atoms with Gasteiger partial charge in [-0.2, -0.15) is 5.26 Å². The summed E-state index contributed by atoms with van der Waals surface area (Å²) in [6.45, 7) is 0.333. The average Bonchev–Trinajstić information content (AvgIpc) is 3.46. The van der Waals surface area contributed by atoms with Gasteiger partial charge in [0.25, 0.3) is 5.91 Å². The van der Waals surface area contributed by atoms with Gasteiger partial charge in [-0.3, -0.25) is 9.78 Å². The van der Waals surface area contributed by atoms with Gasteiger partial charge in [-0.25, -0.2) is 4.98 Å². The van der Waals surface area contributed by atoms with Gasteiger partial charge in [-0.05, 0) is 54.9 Å². The number of carbonyl (C=O) groups excluding carboxylic acids is 1. The standard InChI is InChI=1S/C29H27N5O2/c30-15-25-28(29(35)33-16-18-6-8-21(9-7-18)24-3-1-2-10-31-24)23-14-27(32-17-26(23)36-25)34-22-12-19-4-5-20(11-19)13-22/h1-3,6-10,14,17,19-20,22H,4-5,11-13,16H2,(H,32,34)(H,33,35). The molecule has 0 radical (unpaired) electrons. The molecule has 4 aromatic rings. The van der Waals surface area contributed by atoms with Gasteiger partial charge < -0.3 is 15.1 Å². The molecule has 1 aromatic carbocycles. The molecule has 0 saturated heterocycles. The Hall–Kier alpha value is -4.18. The van der Waals surface area contributed by atoms with Crippen molar-refractivity contribution in [1.82, 2.24) is 15.3 Å². The maximum atomic E-state index is 13.2. The van der Waals surface area contributed by atoms with Crippen LogP contribution < -0.4 is 10.6 Å². The van der Waals surface area contributed by atoms with E-state index in [-0.39, 0.29) is 17.2 Å². The van der Waals surface area contributed by atoms with E-state index < -0.39 is 0 Å². The molecule has 2 bridgehead atoms. The van der Waals surface area contributed by atoms with Gasteiger partial charge in [0.2, 0.25) is 5.76 Å². The highest BCUT2D eigenvalue weighted by atomic mass is 16.3. The molecular weight excluding hydrogens is 450 g/mol. The van der Waals surface area contributed by atoms with Gasteiger partial charge in [-0.15, -0.1) is 0 Å². The van der Waals surface area contributed by atoms with Crippen molar-refractivity contribution in [3.63, 3.8) is 0 Å². The van der Waals surface area contributed by atoms with Crippen LogP contribution in [0.3, 0.4) is 0 Å². The number of hydrogen-bond acceptors (Lipinski definition) is 6. The Morgan fingerprint density at radius 2 is 1.86 bits per heavy atom. The van der Waals surface area contributed by atoms with Crippen molar-refractivity contribution in [2.45, 2.75) is 44.7 Å². The minimum Gasteiger partial charge on any atom is -0.443 e. The molecular formula is C29H27N5O2. The van der Waals surface area contributed by atoms with Crippen LogP contribution in [0.5, 0.6) is 0 Å². The number of benzene rings is 1. The van der Waals surface area contributed by atoms with Crippen LogP contribution in [-0.2, 0) is 6.54 Å². The molecule has 2 aliphatic carbocycles. The Labute approximate surface area is 209 Å². The second-order valence-corrected chi connectivity index (χ2v) is 9.94. The van der Waals surface area contributed by atoms with E-state index in [1.54, 1.807) is 12.4 Å². The number of fused-ring (bicyclic) bond motifs is 3. The molecule has 2 atom stereocenters. The first kappa shape index (κ1) is 22.3. The molecule has 2 saturated carbocycles. The fourth-order valence-corrected chi connectivity index (χ4v) is 5.82. The number of nitriles is 1. The van der Waals surface area contributed by atoms with Crippen molar-refractivity contribution < 1.29 is 9.21 Å². The Morgan fingerprint density at radius 1 is 1.06 bits per heavy atom. The number of aromatic nitrogens is 2. The van der Waals surface area contributed by atoms with Crippen molar-refractivity contribution >= 4 is 22.7 Å². The molecule has 3 heterocycles. The number of rotatable bonds is 6. The van der Waals surface area contributed by atoms with Crippen LogP contribution in [0.1, 0.15) is 53.8 Å². The van der Waals surface area contributed by atoms with Gasteiger partial charge >= 0.3 is 0 Å². The van der Waals surface area contributed by atoms with Crippen LogP contribution in [-0.4, -0.2) is 21.9 Å². The maximum absolute atomic E-state index is 13.2. The fourth-order valence-electron chi connectivity index (χ4n) is 5.82. The summed E-state index contributed by atoms with van der Waals surface area (Å²) >= 11 is 0. The summed E-state index contributed by atoms with van der Waals surface area (Å²) in [7, 11) is 0. The van der Waals surface area contributed by atoms with Gasteiger partial charge in [0.15, 0.2) is 5.58 Å². The van der Waals surface area contributed by atoms with E-state index in [0.717, 1.165) is 47.3 Å². The minimum absolute atomic E-state index is 0.00246. The molecule has 2 aliphatic rings. The van der Waals surface area contributed by atoms with Crippen molar-refractivity contribution in [1.29, 1.82) is 5.26 Å². The van der Waals surface area contributed by atoms with E-state index in [1.165, 1.54) is 19.3 Å². The second-order valence-electron chi connectivity index (χ2n) is 9.94. The summed E-state index contributed by atoms with van der Waals surface area (Å²) in [5.41, 5.74) is 3.55. The Bertz CT molecular complexity index is 1430. The van der Waals surface area contributed by atoms with E-state index in [9.17, 15) is 10.1 Å². The van der Waals surface area contributed by atoms with Gasteiger partial charge in [-0.1, -0.05) is 43.2 Å². The van der Waals surface area contributed by atoms with Gasteiger partial charge in [0.05, 0.1) is 11.9 Å². The number of furan rings is 1. The van der Waals surface area contributed by atoms with E-state index in [4.69, 9.17) is 4.42 Å². The number of hydrogen-bond donors (Lipinski definition) is 2. The summed E-state index contributed by atoms with van der Waals surface area (Å²) in [4.78, 5) is 22.0. The van der Waals surface area contributed by atoms with Gasteiger partial charge in [0, 0.05) is 29.7 Å². The Morgan fingerprint density at radius 3 is 2.58 bits per heavy atom. The van der Waals surface area contributed by atoms with Crippen LogP contribution >= 0.6 is 0 Å². The second kappa shape index (κ2) is 9.46. The number of nitrogens with one attached hydrogen (secondary N) is 2. The zero-order valence-electron chi connectivity index (χ0n) is 19.9. The number of anilines is 1. The lowest BCUT2D eigenvalue weighted by Crippen LogP contribution is -2.28. The number of pyridine rings is 2. The monoisotopic (exact) mass is 477 g/mol. The molecule has 7 heteroatoms. The molecule has 1 amide bonds. The van der Waals surface area contributed by atoms with Gasteiger partial charge in [0.1, 0.15) is 17.5 Å². The fraction of sp³-hybridized carbons (Fsp3) is 0.310. The quantitative estimate of drug-likeness (QED) is 0.370. The maximum Gasteiger partial charge on any atom is 0.256 e. The molecule has 3 aromatic heterocycles. The summed E-state index contributed by atoms with van der Waals surface area (Å²) in [6.07, 6.45) is 9.71. The number of nitrogens with zero attached hydrogens (tertiary/aromatic N) is 3. The molecule has 7 nitrogen and oxygen atoms in total.